The largest absolute Gasteiger partial charge is 0.286 e. The predicted octanol–water partition coefficient (Wildman–Crippen LogP) is 0.826. The first kappa shape index (κ1) is 18.1. The van der Waals surface area contributed by atoms with E-state index in [0.717, 1.165) is 0 Å². The molecular weight excluding hydrogens is 292 g/mol. The van der Waals surface area contributed by atoms with Crippen LogP contribution in [-0.4, -0.2) is 39.5 Å². The topological polar surface area (TPSA) is 97.7 Å². The summed E-state index contributed by atoms with van der Waals surface area (Å²) in [5, 5.41) is 0. The van der Waals surface area contributed by atoms with Crippen molar-refractivity contribution in [2.45, 2.75) is 19.8 Å². The second kappa shape index (κ2) is 8.32. The summed E-state index contributed by atoms with van der Waals surface area (Å²) in [5.74, 6) is 3.87. The lowest BCUT2D eigenvalue weighted by atomic mass is 10.1. The fourth-order valence-corrected chi connectivity index (χ4v) is 3.07. The van der Waals surface area contributed by atoms with E-state index >= 15 is 0 Å². The molecule has 0 heterocycles. The van der Waals surface area contributed by atoms with E-state index in [1.165, 1.54) is 6.08 Å². The van der Waals surface area contributed by atoms with Gasteiger partial charge in [-0.25, -0.2) is 0 Å². The van der Waals surface area contributed by atoms with Crippen LogP contribution in [0.2, 0.25) is 0 Å². The van der Waals surface area contributed by atoms with Crippen LogP contribution < -0.4 is 0 Å². The van der Waals surface area contributed by atoms with E-state index in [2.05, 4.69) is 22.6 Å². The van der Waals surface area contributed by atoms with Gasteiger partial charge < -0.3 is 0 Å². The third-order valence-corrected chi connectivity index (χ3v) is 4.18. The minimum atomic E-state index is -4.12. The van der Waals surface area contributed by atoms with Gasteiger partial charge in [-0.3, -0.25) is 8.74 Å². The summed E-state index contributed by atoms with van der Waals surface area (Å²) in [7, 11) is -7.75. The molecule has 6 nitrogen and oxygen atoms in total. The monoisotopic (exact) mass is 310 g/mol. The molecule has 0 aliphatic heterocycles. The average molecular weight is 310 g/mol. The lowest BCUT2D eigenvalue weighted by Crippen LogP contribution is -2.16. The van der Waals surface area contributed by atoms with Crippen LogP contribution in [0.5, 0.6) is 0 Å². The second-order valence-corrected chi connectivity index (χ2v) is 7.07. The highest BCUT2D eigenvalue weighted by atomic mass is 32.2. The van der Waals surface area contributed by atoms with Gasteiger partial charge in [0.25, 0.3) is 20.2 Å². The van der Waals surface area contributed by atoms with Gasteiger partial charge >= 0.3 is 0 Å². The zero-order valence-electron chi connectivity index (χ0n) is 10.7. The smallest absolute Gasteiger partial charge is 0.267 e. The third kappa shape index (κ3) is 10.7. The van der Waals surface area contributed by atoms with Crippen molar-refractivity contribution in [2.24, 2.45) is 5.92 Å². The fourth-order valence-electron chi connectivity index (χ4n) is 1.37. The molecule has 19 heavy (non-hydrogen) atoms. The van der Waals surface area contributed by atoms with Crippen LogP contribution >= 0.6 is 0 Å². The van der Waals surface area contributed by atoms with Gasteiger partial charge in [0.15, 0.2) is 0 Å². The second-order valence-electron chi connectivity index (χ2n) is 3.82. The molecular formula is C11H18O6S2. The Hall–Kier alpha value is -0.880. The Morgan fingerprint density at radius 1 is 1.37 bits per heavy atom. The van der Waals surface area contributed by atoms with Crippen molar-refractivity contribution >= 4 is 20.2 Å². The zero-order chi connectivity index (χ0) is 14.9. The first-order valence-electron chi connectivity index (χ1n) is 5.55. The van der Waals surface area contributed by atoms with Gasteiger partial charge in [-0.05, 0) is 19.8 Å². The molecule has 110 valence electrons. The normalized spacial score (nSPS) is 13.4. The highest BCUT2D eigenvalue weighted by molar-refractivity contribution is 7.86. The molecule has 0 bridgehead atoms. The molecule has 0 saturated heterocycles. The standard InChI is InChI=1S/C11H18O6S2/c1-3-6-11(10-18(12,13)14)7-5-9-19(15,16)17-8-4-2/h4,11H,2,5,7-10H2,1H3,(H,12,13,14). The van der Waals surface area contributed by atoms with Crippen molar-refractivity contribution in [1.29, 1.82) is 0 Å². The molecule has 0 aromatic heterocycles. The molecule has 0 amide bonds. The van der Waals surface area contributed by atoms with E-state index in [-0.39, 0.29) is 25.2 Å². The Bertz CT molecular complexity index is 535. The molecule has 0 saturated carbocycles. The lowest BCUT2D eigenvalue weighted by molar-refractivity contribution is 0.356. The van der Waals surface area contributed by atoms with Crippen LogP contribution in [0.25, 0.3) is 0 Å². The van der Waals surface area contributed by atoms with E-state index in [4.69, 9.17) is 4.55 Å². The molecule has 0 aromatic rings. The van der Waals surface area contributed by atoms with Gasteiger partial charge in [-0.2, -0.15) is 16.8 Å². The highest BCUT2D eigenvalue weighted by Gasteiger charge is 2.17. The van der Waals surface area contributed by atoms with E-state index in [9.17, 15) is 16.8 Å². The summed E-state index contributed by atoms with van der Waals surface area (Å²) < 4.78 is 57.5. The van der Waals surface area contributed by atoms with E-state index in [1.54, 1.807) is 6.92 Å². The van der Waals surface area contributed by atoms with E-state index < -0.39 is 31.9 Å². The Balaban J connectivity index is 4.34. The summed E-state index contributed by atoms with van der Waals surface area (Å²) in [4.78, 5) is 0. The molecule has 1 unspecified atom stereocenters. The van der Waals surface area contributed by atoms with Gasteiger partial charge in [0, 0.05) is 5.92 Å². The Morgan fingerprint density at radius 2 is 2.00 bits per heavy atom. The van der Waals surface area contributed by atoms with Crippen LogP contribution in [0.4, 0.5) is 0 Å². The van der Waals surface area contributed by atoms with Crippen LogP contribution in [-0.2, 0) is 24.4 Å². The Morgan fingerprint density at radius 3 is 2.47 bits per heavy atom. The van der Waals surface area contributed by atoms with Crippen molar-refractivity contribution < 1.29 is 25.6 Å². The molecule has 1 N–H and O–H groups in total. The summed E-state index contributed by atoms with van der Waals surface area (Å²) in [6.45, 7) is 4.79. The first-order valence-corrected chi connectivity index (χ1v) is 8.74. The minimum absolute atomic E-state index is 0.0917. The number of hydrogen-bond donors (Lipinski definition) is 1. The fraction of sp³-hybridized carbons (Fsp3) is 0.636. The van der Waals surface area contributed by atoms with Crippen LogP contribution in [0.3, 0.4) is 0 Å². The van der Waals surface area contributed by atoms with Gasteiger partial charge in [0.1, 0.15) is 0 Å². The van der Waals surface area contributed by atoms with Crippen LogP contribution in [0.15, 0.2) is 12.7 Å². The number of hydrogen-bond acceptors (Lipinski definition) is 5. The molecule has 0 fully saturated rings. The summed E-state index contributed by atoms with van der Waals surface area (Å²) in [5.41, 5.74) is 0. The van der Waals surface area contributed by atoms with E-state index in [1.807, 2.05) is 0 Å². The summed E-state index contributed by atoms with van der Waals surface area (Å²) in [6.07, 6.45) is 1.77. The van der Waals surface area contributed by atoms with Crippen molar-refractivity contribution in [1.82, 2.24) is 0 Å². The van der Waals surface area contributed by atoms with Gasteiger partial charge in [-0.15, -0.1) is 12.5 Å². The first-order chi connectivity index (χ1) is 8.70. The lowest BCUT2D eigenvalue weighted by Gasteiger charge is -2.08. The van der Waals surface area contributed by atoms with Crippen molar-refractivity contribution in [2.75, 3.05) is 18.1 Å². The molecule has 0 radical (unpaired) electrons. The molecule has 0 aliphatic carbocycles. The molecule has 0 spiro atoms. The van der Waals surface area contributed by atoms with Gasteiger partial charge in [0.2, 0.25) is 0 Å². The summed E-state index contributed by atoms with van der Waals surface area (Å²) in [6, 6.07) is 0. The number of rotatable bonds is 9. The van der Waals surface area contributed by atoms with Crippen LogP contribution in [0, 0.1) is 17.8 Å². The van der Waals surface area contributed by atoms with Crippen molar-refractivity contribution in [3.63, 3.8) is 0 Å². The minimum Gasteiger partial charge on any atom is -0.286 e. The molecule has 0 aliphatic rings. The molecule has 8 heteroatoms. The van der Waals surface area contributed by atoms with Crippen LogP contribution in [0.1, 0.15) is 19.8 Å². The zero-order valence-corrected chi connectivity index (χ0v) is 12.3. The van der Waals surface area contributed by atoms with Gasteiger partial charge in [0.05, 0.1) is 18.1 Å². The summed E-state index contributed by atoms with van der Waals surface area (Å²) >= 11 is 0. The van der Waals surface area contributed by atoms with Crippen molar-refractivity contribution in [3.05, 3.63) is 12.7 Å². The molecule has 0 rings (SSSR count). The quantitative estimate of drug-likeness (QED) is 0.293. The van der Waals surface area contributed by atoms with E-state index in [0.29, 0.717) is 0 Å². The van der Waals surface area contributed by atoms with Gasteiger partial charge in [-0.1, -0.05) is 12.0 Å². The van der Waals surface area contributed by atoms with Crippen molar-refractivity contribution in [3.8, 4) is 11.8 Å². The molecule has 1 atom stereocenters. The third-order valence-electron chi connectivity index (χ3n) is 2.07. The molecule has 0 aromatic carbocycles. The Labute approximate surface area is 114 Å². The average Bonchev–Trinajstić information content (AvgIpc) is 2.24. The maximum atomic E-state index is 11.3. The maximum absolute atomic E-state index is 11.3. The SMILES string of the molecule is C=CCOS(=O)(=O)CCCC(C#CC)CS(=O)(=O)O. The maximum Gasteiger partial charge on any atom is 0.267 e. The predicted molar refractivity (Wildman–Crippen MR) is 72.5 cm³/mol. The highest BCUT2D eigenvalue weighted by Crippen LogP contribution is 2.10. The Kier molecular flexibility index (Phi) is 7.94.